The molecule has 2 aromatic carbocycles. The molecular weight excluding hydrogens is 1110 g/mol. The molecule has 0 spiro atoms. The summed E-state index contributed by atoms with van der Waals surface area (Å²) in [6, 6.07) is 0.0637. The molecule has 0 aliphatic carbocycles. The van der Waals surface area contributed by atoms with Gasteiger partial charge in [-0.15, -0.1) is 0 Å². The molecule has 3 saturated heterocycles. The van der Waals surface area contributed by atoms with Crippen LogP contribution >= 0.6 is 0 Å². The van der Waals surface area contributed by atoms with Gasteiger partial charge >= 0.3 is 5.97 Å². The maximum absolute atomic E-state index is 14.9. The highest BCUT2D eigenvalue weighted by molar-refractivity contribution is 6.00. The van der Waals surface area contributed by atoms with Crippen LogP contribution in [0.25, 0.3) is 0 Å². The standard InChI is InChI=1S/C59H87N13O14/c1-31(2)26-39-50(78)68-43(29-36-19-21-37(74)22-20-36)58(86)72-25-13-18-45(72)54(82)70-48(34(7)73)56(84)66-41(30-46(75)76)52(80)65-40(27-32(3)4)51(79)67-42(28-35-14-9-8-10-15-35)57(85)71-24-12-17-44(71)53(81)69-47(33(5)6)55(83)63-38(49(77)64-39)16-11-23-62-59(60)61/h8-10,14-15,19-22,31-34,38-45,47-48,73-74H,11-13,16-18,23-30H2,1-7H3,(H,63,83)(H,64,77)(H,65,80)(H,66,84)(H,67,79)(H,68,78)(H,69,81)(H,70,82)(H,75,76)(H4,60,61,62)/t34-,38+,39+,40+,41+,42-,43-,44+,45+,47+,48+/m1/s1. The first-order valence-electron chi connectivity index (χ1n) is 29.4. The summed E-state index contributed by atoms with van der Waals surface area (Å²) in [6.07, 6.45) is -2.08. The van der Waals surface area contributed by atoms with Gasteiger partial charge in [0, 0.05) is 32.5 Å². The highest BCUT2D eigenvalue weighted by Crippen LogP contribution is 2.24. The molecule has 0 saturated carbocycles. The number of nitrogens with two attached hydrogens (primary N) is 2. The molecular formula is C59H87N13O14. The highest BCUT2D eigenvalue weighted by Gasteiger charge is 2.44. The summed E-state index contributed by atoms with van der Waals surface area (Å²) in [5, 5.41) is 52.2. The molecule has 3 heterocycles. The second kappa shape index (κ2) is 32.2. The zero-order chi connectivity index (χ0) is 63.5. The number of carboxylic acid groups (broad SMARTS) is 1. The summed E-state index contributed by atoms with van der Waals surface area (Å²) in [4.78, 5) is 164. The Kier molecular flexibility index (Phi) is 25.6. The largest absolute Gasteiger partial charge is 0.508 e. The van der Waals surface area contributed by atoms with Crippen LogP contribution in [0.1, 0.15) is 117 Å². The Morgan fingerprint density at radius 1 is 0.547 bits per heavy atom. The maximum atomic E-state index is 14.9. The quantitative estimate of drug-likeness (QED) is 0.0528. The number of carboxylic acids is 1. The number of rotatable bonds is 16. The van der Waals surface area contributed by atoms with Crippen molar-refractivity contribution >= 4 is 71.0 Å². The number of phenolic OH excluding ortho intramolecular Hbond substituents is 1. The van der Waals surface area contributed by atoms with Gasteiger partial charge in [0.25, 0.3) is 0 Å². The molecule has 472 valence electrons. The molecule has 2 aromatic rings. The second-order valence-electron chi connectivity index (χ2n) is 23.6. The number of benzene rings is 2. The van der Waals surface area contributed by atoms with Gasteiger partial charge in [-0.05, 0) is 99.3 Å². The summed E-state index contributed by atoms with van der Waals surface area (Å²) in [5.74, 6) is -11.6. The monoisotopic (exact) mass is 1200 g/mol. The van der Waals surface area contributed by atoms with E-state index in [2.05, 4.69) is 47.5 Å². The first-order valence-corrected chi connectivity index (χ1v) is 29.4. The Bertz CT molecular complexity index is 2760. The Morgan fingerprint density at radius 2 is 0.965 bits per heavy atom. The van der Waals surface area contributed by atoms with Crippen LogP contribution in [0.2, 0.25) is 0 Å². The molecule has 27 nitrogen and oxygen atoms in total. The summed E-state index contributed by atoms with van der Waals surface area (Å²) < 4.78 is 0. The van der Waals surface area contributed by atoms with Gasteiger partial charge in [0.05, 0.1) is 12.5 Å². The van der Waals surface area contributed by atoms with E-state index in [-0.39, 0.29) is 101 Å². The van der Waals surface area contributed by atoms with Crippen molar-refractivity contribution in [3.05, 3.63) is 65.7 Å². The third-order valence-electron chi connectivity index (χ3n) is 15.1. The number of phenols is 1. The van der Waals surface area contributed by atoms with Crippen molar-refractivity contribution in [3.63, 3.8) is 0 Å². The van der Waals surface area contributed by atoms with E-state index in [1.54, 1.807) is 71.9 Å². The zero-order valence-corrected chi connectivity index (χ0v) is 50.0. The van der Waals surface area contributed by atoms with E-state index in [0.717, 1.165) is 6.92 Å². The number of aliphatic imine (C=N–C) groups is 1. The van der Waals surface area contributed by atoms with E-state index in [4.69, 9.17) is 11.5 Å². The van der Waals surface area contributed by atoms with Gasteiger partial charge in [0.2, 0.25) is 59.1 Å². The number of aliphatic hydroxyl groups is 1. The number of carbonyl (C=O) groups is 11. The average molecular weight is 1200 g/mol. The number of hydrogen-bond donors (Lipinski definition) is 13. The van der Waals surface area contributed by atoms with Gasteiger partial charge in [-0.25, -0.2) is 0 Å². The lowest BCUT2D eigenvalue weighted by Crippen LogP contribution is -2.62. The number of aliphatic carboxylic acids is 1. The minimum absolute atomic E-state index is 0.0122. The normalized spacial score (nSPS) is 26.0. The van der Waals surface area contributed by atoms with E-state index < -0.39 is 144 Å². The van der Waals surface area contributed by atoms with Gasteiger partial charge in [-0.2, -0.15) is 0 Å². The van der Waals surface area contributed by atoms with Crippen LogP contribution in [0.4, 0.5) is 0 Å². The molecule has 15 N–H and O–H groups in total. The third kappa shape index (κ3) is 20.1. The van der Waals surface area contributed by atoms with Crippen LogP contribution in [0.15, 0.2) is 59.6 Å². The van der Waals surface area contributed by atoms with Gasteiger partial charge in [-0.1, -0.05) is 84.0 Å². The molecule has 0 radical (unpaired) electrons. The first-order chi connectivity index (χ1) is 40.6. The minimum Gasteiger partial charge on any atom is -0.508 e. The molecule has 3 aliphatic heterocycles. The fourth-order valence-corrected chi connectivity index (χ4v) is 10.7. The molecule has 27 heteroatoms. The van der Waals surface area contributed by atoms with Gasteiger partial charge < -0.3 is 79.1 Å². The number of amides is 10. The summed E-state index contributed by atoms with van der Waals surface area (Å²) in [5.41, 5.74) is 12.3. The Labute approximate surface area is 500 Å². The number of aromatic hydroxyl groups is 1. The predicted molar refractivity (Wildman–Crippen MR) is 314 cm³/mol. The second-order valence-corrected chi connectivity index (χ2v) is 23.6. The molecule has 10 amide bonds. The van der Waals surface area contributed by atoms with E-state index in [1.165, 1.54) is 34.1 Å². The highest BCUT2D eigenvalue weighted by atomic mass is 16.4. The molecule has 0 unspecified atom stereocenters. The smallest absolute Gasteiger partial charge is 0.305 e. The fourth-order valence-electron chi connectivity index (χ4n) is 10.7. The Hall–Kier alpha value is -8.36. The van der Waals surface area contributed by atoms with E-state index >= 15 is 0 Å². The van der Waals surface area contributed by atoms with Crippen molar-refractivity contribution in [2.45, 2.75) is 186 Å². The number of aliphatic hydroxyl groups excluding tert-OH is 1. The lowest BCUT2D eigenvalue weighted by Gasteiger charge is -2.32. The number of carbonyl (C=O) groups excluding carboxylic acids is 10. The number of hydrogen-bond acceptors (Lipinski definition) is 14. The Balaban J connectivity index is 1.61. The number of fused-ring (bicyclic) bond motifs is 2. The van der Waals surface area contributed by atoms with Gasteiger partial charge in [0.15, 0.2) is 5.96 Å². The minimum atomic E-state index is -1.90. The first kappa shape index (κ1) is 68.4. The zero-order valence-electron chi connectivity index (χ0n) is 50.0. The average Bonchev–Trinajstić information content (AvgIpc) is 2.31. The molecule has 3 aliphatic rings. The van der Waals surface area contributed by atoms with E-state index in [1.807, 2.05) is 0 Å². The molecule has 0 bridgehead atoms. The van der Waals surface area contributed by atoms with Gasteiger partial charge in [-0.3, -0.25) is 57.7 Å². The summed E-state index contributed by atoms with van der Waals surface area (Å²) in [7, 11) is 0. The number of nitrogens with one attached hydrogen (secondary N) is 8. The van der Waals surface area contributed by atoms with Crippen LogP contribution in [-0.4, -0.2) is 182 Å². The van der Waals surface area contributed by atoms with Crippen molar-refractivity contribution in [1.29, 1.82) is 0 Å². The van der Waals surface area contributed by atoms with Crippen molar-refractivity contribution in [1.82, 2.24) is 52.3 Å². The maximum Gasteiger partial charge on any atom is 0.305 e. The van der Waals surface area contributed by atoms with Crippen LogP contribution in [0.3, 0.4) is 0 Å². The topological polar surface area (TPSA) is 416 Å². The number of nitrogens with zero attached hydrogens (tertiary/aromatic N) is 3. The SMILES string of the molecule is CC(C)C[C@@H]1NC(=O)[C@H](CC(=O)O)NC(=O)[C@H]([C@@H](C)O)NC(=O)[C@@H]2CCCN2C(=O)[C@@H](Cc2ccc(O)cc2)NC(=O)[C@H](CC(C)C)NC(=O)[C@H](CCCN=C(N)N)NC(=O)[C@H](C(C)C)NC(=O)[C@@H]2CCCN2C(=O)[C@@H](Cc2ccccc2)NC1=O. The van der Waals surface area contributed by atoms with E-state index in [0.29, 0.717) is 17.5 Å². The molecule has 0 aromatic heterocycles. The number of guanidine groups is 1. The van der Waals surface area contributed by atoms with Crippen LogP contribution < -0.4 is 54.0 Å². The van der Waals surface area contributed by atoms with Gasteiger partial charge in [0.1, 0.15) is 66.2 Å². The molecule has 5 rings (SSSR count). The van der Waals surface area contributed by atoms with Crippen LogP contribution in [0.5, 0.6) is 5.75 Å². The third-order valence-corrected chi connectivity index (χ3v) is 15.1. The Morgan fingerprint density at radius 3 is 1.42 bits per heavy atom. The fraction of sp³-hybridized carbons (Fsp3) is 0.593. The predicted octanol–water partition coefficient (Wildman–Crippen LogP) is -1.29. The van der Waals surface area contributed by atoms with E-state index in [9.17, 15) is 68.1 Å². The van der Waals surface area contributed by atoms with Crippen molar-refractivity contribution in [3.8, 4) is 5.75 Å². The van der Waals surface area contributed by atoms with Crippen molar-refractivity contribution in [2.24, 2.45) is 34.2 Å². The molecule has 11 atom stereocenters. The summed E-state index contributed by atoms with van der Waals surface area (Å²) in [6.45, 7) is 11.7. The van der Waals surface area contributed by atoms with Crippen molar-refractivity contribution < 1.29 is 68.1 Å². The lowest BCUT2D eigenvalue weighted by atomic mass is 9.99. The molecule has 3 fully saturated rings. The van der Waals surface area contributed by atoms with Crippen molar-refractivity contribution in [2.75, 3.05) is 19.6 Å². The summed E-state index contributed by atoms with van der Waals surface area (Å²) >= 11 is 0. The van der Waals surface area contributed by atoms with Crippen LogP contribution in [0, 0.1) is 17.8 Å². The lowest BCUT2D eigenvalue weighted by molar-refractivity contribution is -0.144. The van der Waals surface area contributed by atoms with Crippen LogP contribution in [-0.2, 0) is 65.6 Å². The molecule has 86 heavy (non-hydrogen) atoms.